The number of fused-ring (bicyclic) bond motifs is 1. The summed E-state index contributed by atoms with van der Waals surface area (Å²) in [4.78, 5) is 16.0. The van der Waals surface area contributed by atoms with Crippen molar-refractivity contribution in [3.05, 3.63) is 35.2 Å². The van der Waals surface area contributed by atoms with Crippen LogP contribution < -0.4 is 4.74 Å². The molecule has 0 aliphatic rings. The SMILES string of the molecule is COc1ccsc1-c1nc2cc(C(=O)O)ccc2o1. The summed E-state index contributed by atoms with van der Waals surface area (Å²) in [6, 6.07) is 6.42. The molecule has 3 aromatic rings. The topological polar surface area (TPSA) is 72.6 Å². The number of methoxy groups -OCH3 is 1. The van der Waals surface area contributed by atoms with Crippen LogP contribution in [0.4, 0.5) is 0 Å². The standard InChI is InChI=1S/C13H9NO4S/c1-17-10-4-5-19-11(10)12-14-8-6-7(13(15)16)2-3-9(8)18-12/h2-6H,1H3,(H,15,16). The molecule has 0 aliphatic heterocycles. The van der Waals surface area contributed by atoms with Crippen LogP contribution in [0, 0.1) is 0 Å². The Bertz CT molecular complexity index is 759. The maximum atomic E-state index is 10.9. The Morgan fingerprint density at radius 3 is 3.00 bits per heavy atom. The Labute approximate surface area is 112 Å². The minimum atomic E-state index is -0.986. The first-order chi connectivity index (χ1) is 9.19. The molecule has 2 heterocycles. The smallest absolute Gasteiger partial charge is 0.335 e. The molecule has 0 spiro atoms. The van der Waals surface area contributed by atoms with Crippen LogP contribution in [0.2, 0.25) is 0 Å². The Kier molecular flexibility index (Phi) is 2.72. The number of ether oxygens (including phenoxy) is 1. The monoisotopic (exact) mass is 275 g/mol. The molecular weight excluding hydrogens is 266 g/mol. The number of thiophene rings is 1. The van der Waals surface area contributed by atoms with Gasteiger partial charge in [0.15, 0.2) is 5.58 Å². The van der Waals surface area contributed by atoms with Crippen LogP contribution in [0.1, 0.15) is 10.4 Å². The van der Waals surface area contributed by atoms with E-state index < -0.39 is 5.97 Å². The van der Waals surface area contributed by atoms with Gasteiger partial charge in [0, 0.05) is 0 Å². The zero-order valence-electron chi connectivity index (χ0n) is 9.91. The van der Waals surface area contributed by atoms with E-state index in [4.69, 9.17) is 14.3 Å². The van der Waals surface area contributed by atoms with E-state index in [1.54, 1.807) is 13.2 Å². The van der Waals surface area contributed by atoms with E-state index in [0.29, 0.717) is 22.7 Å². The average Bonchev–Trinajstić information content (AvgIpc) is 3.03. The molecule has 0 fully saturated rings. The van der Waals surface area contributed by atoms with Gasteiger partial charge < -0.3 is 14.3 Å². The van der Waals surface area contributed by atoms with E-state index in [-0.39, 0.29) is 5.56 Å². The number of carboxylic acid groups (broad SMARTS) is 1. The predicted octanol–water partition coefficient (Wildman–Crippen LogP) is 3.26. The molecule has 6 heteroatoms. The van der Waals surface area contributed by atoms with Gasteiger partial charge in [0.1, 0.15) is 16.1 Å². The van der Waals surface area contributed by atoms with Crippen molar-refractivity contribution in [1.29, 1.82) is 0 Å². The molecule has 19 heavy (non-hydrogen) atoms. The average molecular weight is 275 g/mol. The minimum Gasteiger partial charge on any atom is -0.495 e. The molecule has 0 amide bonds. The number of aromatic carboxylic acids is 1. The van der Waals surface area contributed by atoms with Gasteiger partial charge in [0.2, 0.25) is 5.89 Å². The highest BCUT2D eigenvalue weighted by atomic mass is 32.1. The summed E-state index contributed by atoms with van der Waals surface area (Å²) in [5.74, 6) is 0.138. The predicted molar refractivity (Wildman–Crippen MR) is 70.8 cm³/mol. The molecule has 1 aromatic carbocycles. The molecule has 0 aliphatic carbocycles. The van der Waals surface area contributed by atoms with Gasteiger partial charge in [-0.2, -0.15) is 0 Å². The highest BCUT2D eigenvalue weighted by Gasteiger charge is 2.15. The number of rotatable bonds is 3. The van der Waals surface area contributed by atoms with Crippen molar-refractivity contribution in [3.8, 4) is 16.5 Å². The van der Waals surface area contributed by atoms with E-state index in [1.165, 1.54) is 23.5 Å². The Hall–Kier alpha value is -2.34. The zero-order valence-corrected chi connectivity index (χ0v) is 10.7. The number of carboxylic acids is 1. The van der Waals surface area contributed by atoms with Crippen molar-refractivity contribution >= 4 is 28.4 Å². The molecule has 1 N–H and O–H groups in total. The maximum absolute atomic E-state index is 10.9. The molecule has 0 unspecified atom stereocenters. The molecule has 0 bridgehead atoms. The molecule has 0 radical (unpaired) electrons. The second-order valence-electron chi connectivity index (χ2n) is 3.82. The third-order valence-electron chi connectivity index (χ3n) is 2.68. The van der Waals surface area contributed by atoms with Gasteiger partial charge in [0.05, 0.1) is 12.7 Å². The lowest BCUT2D eigenvalue weighted by atomic mass is 10.2. The fourth-order valence-corrected chi connectivity index (χ4v) is 2.56. The third-order valence-corrected chi connectivity index (χ3v) is 3.56. The number of benzene rings is 1. The van der Waals surface area contributed by atoms with Gasteiger partial charge in [-0.3, -0.25) is 0 Å². The van der Waals surface area contributed by atoms with Gasteiger partial charge >= 0.3 is 5.97 Å². The summed E-state index contributed by atoms with van der Waals surface area (Å²) < 4.78 is 10.8. The number of aromatic nitrogens is 1. The van der Waals surface area contributed by atoms with Gasteiger partial charge in [-0.1, -0.05) is 0 Å². The summed E-state index contributed by atoms with van der Waals surface area (Å²) >= 11 is 1.46. The molecule has 0 atom stereocenters. The van der Waals surface area contributed by atoms with Gasteiger partial charge in [-0.15, -0.1) is 11.3 Å². The fraction of sp³-hybridized carbons (Fsp3) is 0.0769. The van der Waals surface area contributed by atoms with Crippen LogP contribution in [0.15, 0.2) is 34.1 Å². The first kappa shape index (κ1) is 11.7. The van der Waals surface area contributed by atoms with Crippen LogP contribution in [0.5, 0.6) is 5.75 Å². The summed E-state index contributed by atoms with van der Waals surface area (Å²) in [5, 5.41) is 10.8. The fourth-order valence-electron chi connectivity index (χ4n) is 1.77. The summed E-state index contributed by atoms with van der Waals surface area (Å²) in [7, 11) is 1.58. The molecule has 0 saturated carbocycles. The van der Waals surface area contributed by atoms with Crippen LogP contribution in [0.3, 0.4) is 0 Å². The number of oxazole rings is 1. The summed E-state index contributed by atoms with van der Waals surface area (Å²) in [6.45, 7) is 0. The van der Waals surface area contributed by atoms with E-state index in [0.717, 1.165) is 4.88 Å². The normalized spacial score (nSPS) is 10.8. The second-order valence-corrected chi connectivity index (χ2v) is 4.74. The Balaban J connectivity index is 2.14. The summed E-state index contributed by atoms with van der Waals surface area (Å²) in [5.41, 5.74) is 1.26. The lowest BCUT2D eigenvalue weighted by molar-refractivity contribution is 0.0697. The van der Waals surface area contributed by atoms with Gasteiger partial charge in [-0.05, 0) is 29.6 Å². The van der Waals surface area contributed by atoms with Crippen molar-refractivity contribution in [3.63, 3.8) is 0 Å². The second kappa shape index (κ2) is 4.40. The third kappa shape index (κ3) is 1.96. The van der Waals surface area contributed by atoms with Crippen molar-refractivity contribution in [2.75, 3.05) is 7.11 Å². The van der Waals surface area contributed by atoms with Crippen LogP contribution >= 0.6 is 11.3 Å². The largest absolute Gasteiger partial charge is 0.495 e. The number of nitrogens with zero attached hydrogens (tertiary/aromatic N) is 1. The molecule has 2 aromatic heterocycles. The summed E-state index contributed by atoms with van der Waals surface area (Å²) in [6.07, 6.45) is 0. The Morgan fingerprint density at radius 1 is 1.42 bits per heavy atom. The van der Waals surface area contributed by atoms with Crippen molar-refractivity contribution in [2.24, 2.45) is 0 Å². The molecule has 0 saturated heterocycles. The van der Waals surface area contributed by atoms with E-state index in [1.807, 2.05) is 11.4 Å². The van der Waals surface area contributed by atoms with E-state index in [2.05, 4.69) is 4.98 Å². The first-order valence-electron chi connectivity index (χ1n) is 5.45. The maximum Gasteiger partial charge on any atom is 0.335 e. The molecule has 5 nitrogen and oxygen atoms in total. The van der Waals surface area contributed by atoms with Gasteiger partial charge in [-0.25, -0.2) is 9.78 Å². The number of carbonyl (C=O) groups is 1. The van der Waals surface area contributed by atoms with Crippen LogP contribution in [-0.4, -0.2) is 23.2 Å². The lowest BCUT2D eigenvalue weighted by Gasteiger charge is -1.96. The van der Waals surface area contributed by atoms with E-state index in [9.17, 15) is 4.79 Å². The molecule has 3 rings (SSSR count). The van der Waals surface area contributed by atoms with Gasteiger partial charge in [0.25, 0.3) is 0 Å². The molecular formula is C13H9NO4S. The first-order valence-corrected chi connectivity index (χ1v) is 6.33. The van der Waals surface area contributed by atoms with Crippen LogP contribution in [0.25, 0.3) is 21.9 Å². The van der Waals surface area contributed by atoms with Crippen molar-refractivity contribution in [1.82, 2.24) is 4.98 Å². The highest BCUT2D eigenvalue weighted by Crippen LogP contribution is 2.36. The minimum absolute atomic E-state index is 0.186. The highest BCUT2D eigenvalue weighted by molar-refractivity contribution is 7.13. The zero-order chi connectivity index (χ0) is 13.4. The van der Waals surface area contributed by atoms with Crippen LogP contribution in [-0.2, 0) is 0 Å². The quantitative estimate of drug-likeness (QED) is 0.794. The lowest BCUT2D eigenvalue weighted by Crippen LogP contribution is -1.94. The number of hydrogen-bond acceptors (Lipinski definition) is 5. The Morgan fingerprint density at radius 2 is 2.26 bits per heavy atom. The van der Waals surface area contributed by atoms with E-state index >= 15 is 0 Å². The molecule has 96 valence electrons. The van der Waals surface area contributed by atoms with Crippen molar-refractivity contribution in [2.45, 2.75) is 0 Å². The number of hydrogen-bond donors (Lipinski definition) is 1. The van der Waals surface area contributed by atoms with Crippen molar-refractivity contribution < 1.29 is 19.1 Å².